The van der Waals surface area contributed by atoms with Gasteiger partial charge in [-0.1, -0.05) is 24.3 Å². The van der Waals surface area contributed by atoms with Gasteiger partial charge in [0.05, 0.1) is 29.7 Å². The number of carbonyl (C=O) groups is 1. The van der Waals surface area contributed by atoms with E-state index >= 15 is 0 Å². The lowest BCUT2D eigenvalue weighted by Crippen LogP contribution is -2.37. The Kier molecular flexibility index (Phi) is 5.82. The molecule has 0 unspecified atom stereocenters. The first-order valence-corrected chi connectivity index (χ1v) is 11.0. The average Bonchev–Trinajstić information content (AvgIpc) is 3.45. The second-order valence-electron chi connectivity index (χ2n) is 7.68. The molecule has 1 aromatic carbocycles. The largest absolute Gasteiger partial charge is 0.352 e. The predicted octanol–water partition coefficient (Wildman–Crippen LogP) is 3.88. The van der Waals surface area contributed by atoms with Crippen molar-refractivity contribution in [2.24, 2.45) is 0 Å². The molecule has 1 saturated heterocycles. The van der Waals surface area contributed by atoms with Crippen LogP contribution in [0.5, 0.6) is 0 Å². The number of benzene rings is 1. The highest BCUT2D eigenvalue weighted by Crippen LogP contribution is 2.39. The van der Waals surface area contributed by atoms with Gasteiger partial charge in [0, 0.05) is 30.0 Å². The molecule has 1 fully saturated rings. The maximum absolute atomic E-state index is 13.0. The van der Waals surface area contributed by atoms with Gasteiger partial charge in [-0.2, -0.15) is 0 Å². The zero-order valence-corrected chi connectivity index (χ0v) is 18.5. The number of amides is 1. The Hall–Kier alpha value is -4.04. The maximum Gasteiger partial charge on any atom is 0.244 e. The Labute approximate surface area is 197 Å². The van der Waals surface area contributed by atoms with Gasteiger partial charge in [-0.15, -0.1) is 0 Å². The minimum atomic E-state index is -0.246. The summed E-state index contributed by atoms with van der Waals surface area (Å²) < 4.78 is 2.07. The molecule has 1 amide bonds. The Balaban J connectivity index is 1.51. The van der Waals surface area contributed by atoms with Gasteiger partial charge in [-0.25, -0.2) is 0 Å². The van der Waals surface area contributed by atoms with Crippen LogP contribution in [0.25, 0.3) is 5.69 Å². The number of nitrogens with one attached hydrogen (secondary N) is 2. The Morgan fingerprint density at radius 3 is 2.61 bits per heavy atom. The zero-order valence-electron chi connectivity index (χ0n) is 17.7. The number of pyridine rings is 2. The second-order valence-corrected chi connectivity index (χ2v) is 8.07. The van der Waals surface area contributed by atoms with E-state index < -0.39 is 0 Å². The first-order valence-electron chi connectivity index (χ1n) is 10.6. The number of carbonyl (C=O) groups excluding carboxylic acids is 1. The van der Waals surface area contributed by atoms with Gasteiger partial charge in [-0.05, 0) is 60.7 Å². The van der Waals surface area contributed by atoms with Crippen LogP contribution in [0.4, 0.5) is 5.69 Å². The van der Waals surface area contributed by atoms with Gasteiger partial charge < -0.3 is 20.1 Å². The summed E-state index contributed by atoms with van der Waals surface area (Å²) in [6, 6.07) is 22.7. The maximum atomic E-state index is 13.0. The molecule has 0 bridgehead atoms. The molecule has 5 rings (SSSR count). The van der Waals surface area contributed by atoms with E-state index in [2.05, 4.69) is 25.2 Å². The first kappa shape index (κ1) is 20.8. The van der Waals surface area contributed by atoms with Crippen LogP contribution in [0.3, 0.4) is 0 Å². The van der Waals surface area contributed by atoms with Crippen molar-refractivity contribution in [2.45, 2.75) is 12.1 Å². The van der Waals surface area contributed by atoms with Crippen molar-refractivity contribution < 1.29 is 4.79 Å². The number of hydrogen-bond acceptors (Lipinski definition) is 4. The molecule has 1 aliphatic heterocycles. The van der Waals surface area contributed by atoms with Gasteiger partial charge in [0.1, 0.15) is 6.54 Å². The number of hydrogen-bond donors (Lipinski definition) is 2. The molecule has 1 aliphatic rings. The highest BCUT2D eigenvalue weighted by Gasteiger charge is 2.42. The molecule has 0 aliphatic carbocycles. The quantitative estimate of drug-likeness (QED) is 0.431. The SMILES string of the molecule is O=C(CN1C(=S)N[C@H](c2ccccn2)[C@@H]1c1cccn1-c1cccnc1)Nc1ccccc1. The highest BCUT2D eigenvalue weighted by molar-refractivity contribution is 7.80. The summed E-state index contributed by atoms with van der Waals surface area (Å²) in [5, 5.41) is 6.86. The van der Waals surface area contributed by atoms with Crippen LogP contribution in [0.1, 0.15) is 23.5 Å². The molecular weight excluding hydrogens is 432 g/mol. The monoisotopic (exact) mass is 454 g/mol. The van der Waals surface area contributed by atoms with E-state index in [0.717, 1.165) is 22.8 Å². The van der Waals surface area contributed by atoms with Crippen LogP contribution >= 0.6 is 12.2 Å². The molecule has 7 nitrogen and oxygen atoms in total. The van der Waals surface area contributed by atoms with Crippen LogP contribution in [0.15, 0.2) is 97.6 Å². The molecule has 4 aromatic rings. The van der Waals surface area contributed by atoms with E-state index in [9.17, 15) is 4.79 Å². The van der Waals surface area contributed by atoms with E-state index in [1.165, 1.54) is 0 Å². The van der Waals surface area contributed by atoms with Crippen molar-refractivity contribution in [3.8, 4) is 5.69 Å². The highest BCUT2D eigenvalue weighted by atomic mass is 32.1. The standard InChI is InChI=1S/C25H22N6OS/c32-22(28-18-8-2-1-3-9-18)17-31-24(23(29-25(31)33)20-11-4-5-14-27-20)21-12-7-15-30(21)19-10-6-13-26-16-19/h1-16,23-24H,17H2,(H,28,32)(H,29,33)/t23-,24+/m1/s1. The molecule has 0 spiro atoms. The molecule has 2 N–H and O–H groups in total. The third kappa shape index (κ3) is 4.33. The van der Waals surface area contributed by atoms with Gasteiger partial charge >= 0.3 is 0 Å². The van der Waals surface area contributed by atoms with Gasteiger partial charge in [0.15, 0.2) is 5.11 Å². The van der Waals surface area contributed by atoms with Crippen LogP contribution in [0.2, 0.25) is 0 Å². The summed E-state index contributed by atoms with van der Waals surface area (Å²) >= 11 is 5.70. The lowest BCUT2D eigenvalue weighted by atomic mass is 10.0. The summed E-state index contributed by atoms with van der Waals surface area (Å²) in [7, 11) is 0. The number of aromatic nitrogens is 3. The third-order valence-electron chi connectivity index (χ3n) is 5.58. The molecule has 0 saturated carbocycles. The van der Waals surface area contributed by atoms with Crippen LogP contribution in [-0.2, 0) is 4.79 Å². The Morgan fingerprint density at radius 1 is 1.00 bits per heavy atom. The summed E-state index contributed by atoms with van der Waals surface area (Å²) in [6.45, 7) is 0.104. The van der Waals surface area contributed by atoms with E-state index in [1.807, 2.05) is 90.1 Å². The number of thiocarbonyl (C=S) groups is 1. The normalized spacial score (nSPS) is 17.6. The Morgan fingerprint density at radius 2 is 1.85 bits per heavy atom. The van der Waals surface area contributed by atoms with E-state index in [0.29, 0.717) is 5.11 Å². The van der Waals surface area contributed by atoms with E-state index in [-0.39, 0.29) is 24.5 Å². The van der Waals surface area contributed by atoms with Crippen LogP contribution < -0.4 is 10.6 Å². The summed E-state index contributed by atoms with van der Waals surface area (Å²) in [5.74, 6) is -0.142. The van der Waals surface area contributed by atoms with Gasteiger partial charge in [-0.3, -0.25) is 14.8 Å². The minimum absolute atomic E-state index is 0.104. The van der Waals surface area contributed by atoms with Crippen molar-refractivity contribution in [3.05, 3.63) is 109 Å². The Bertz CT molecular complexity index is 1250. The topological polar surface area (TPSA) is 75.1 Å². The summed E-state index contributed by atoms with van der Waals surface area (Å²) in [6.07, 6.45) is 7.32. The number of para-hydroxylation sites is 1. The molecule has 8 heteroatoms. The van der Waals surface area contributed by atoms with E-state index in [4.69, 9.17) is 12.2 Å². The number of anilines is 1. The molecular formula is C25H22N6OS. The molecule has 4 heterocycles. The van der Waals surface area contributed by atoms with Gasteiger partial charge in [0.25, 0.3) is 0 Å². The number of rotatable bonds is 6. The van der Waals surface area contributed by atoms with E-state index in [1.54, 1.807) is 12.4 Å². The fraction of sp³-hybridized carbons (Fsp3) is 0.120. The summed E-state index contributed by atoms with van der Waals surface area (Å²) in [5.41, 5.74) is 3.52. The van der Waals surface area contributed by atoms with Crippen molar-refractivity contribution in [2.75, 3.05) is 11.9 Å². The lowest BCUT2D eigenvalue weighted by Gasteiger charge is -2.28. The predicted molar refractivity (Wildman–Crippen MR) is 131 cm³/mol. The fourth-order valence-electron chi connectivity index (χ4n) is 4.14. The molecule has 2 atom stereocenters. The first-order chi connectivity index (χ1) is 16.2. The fourth-order valence-corrected chi connectivity index (χ4v) is 4.45. The average molecular weight is 455 g/mol. The molecule has 164 valence electrons. The third-order valence-corrected chi connectivity index (χ3v) is 5.93. The smallest absolute Gasteiger partial charge is 0.244 e. The van der Waals surface area contributed by atoms with Crippen molar-refractivity contribution in [1.29, 1.82) is 0 Å². The second kappa shape index (κ2) is 9.22. The zero-order chi connectivity index (χ0) is 22.6. The van der Waals surface area contributed by atoms with Crippen molar-refractivity contribution in [3.63, 3.8) is 0 Å². The lowest BCUT2D eigenvalue weighted by molar-refractivity contribution is -0.116. The molecule has 33 heavy (non-hydrogen) atoms. The minimum Gasteiger partial charge on any atom is -0.352 e. The van der Waals surface area contributed by atoms with Crippen LogP contribution in [0, 0.1) is 0 Å². The van der Waals surface area contributed by atoms with Crippen molar-refractivity contribution in [1.82, 2.24) is 24.8 Å². The number of nitrogens with zero attached hydrogens (tertiary/aromatic N) is 4. The van der Waals surface area contributed by atoms with Crippen LogP contribution in [-0.4, -0.2) is 37.0 Å². The van der Waals surface area contributed by atoms with Crippen molar-refractivity contribution >= 4 is 28.9 Å². The molecule has 3 aromatic heterocycles. The summed E-state index contributed by atoms with van der Waals surface area (Å²) in [4.78, 5) is 23.7. The molecule has 0 radical (unpaired) electrons. The van der Waals surface area contributed by atoms with Gasteiger partial charge in [0.2, 0.25) is 5.91 Å².